The number of aromatic hydroxyl groups is 1. The summed E-state index contributed by atoms with van der Waals surface area (Å²) >= 11 is 9.05. The van der Waals surface area contributed by atoms with Crippen LogP contribution in [0.15, 0.2) is 46.9 Å². The highest BCUT2D eigenvalue weighted by Crippen LogP contribution is 2.26. The number of carbonyl (C=O) groups excluding carboxylic acids is 1. The Hall–Kier alpha value is -1.52. The Bertz CT molecular complexity index is 616. The molecule has 2 N–H and O–H groups in total. The average molecular weight is 341 g/mol. The Morgan fingerprint density at radius 1 is 1.26 bits per heavy atom. The molecule has 2 aromatic carbocycles. The van der Waals surface area contributed by atoms with Crippen LogP contribution in [0.1, 0.15) is 5.56 Å². The van der Waals surface area contributed by atoms with Gasteiger partial charge in [-0.15, -0.1) is 0 Å². The molecule has 5 heteroatoms. The number of benzene rings is 2. The molecule has 1 amide bonds. The zero-order chi connectivity index (χ0) is 13.8. The Morgan fingerprint density at radius 3 is 2.74 bits per heavy atom. The van der Waals surface area contributed by atoms with E-state index in [9.17, 15) is 9.90 Å². The van der Waals surface area contributed by atoms with Crippen LogP contribution in [0.25, 0.3) is 0 Å². The van der Waals surface area contributed by atoms with E-state index in [-0.39, 0.29) is 23.1 Å². The second-order valence-corrected chi connectivity index (χ2v) is 5.34. The van der Waals surface area contributed by atoms with Crippen molar-refractivity contribution in [3.63, 3.8) is 0 Å². The van der Waals surface area contributed by atoms with E-state index in [1.807, 2.05) is 24.3 Å². The van der Waals surface area contributed by atoms with Gasteiger partial charge in [-0.05, 0) is 29.8 Å². The summed E-state index contributed by atoms with van der Waals surface area (Å²) in [5.74, 6) is -0.207. The second kappa shape index (κ2) is 6.08. The topological polar surface area (TPSA) is 49.3 Å². The molecular weight excluding hydrogens is 330 g/mol. The molecule has 98 valence electrons. The number of nitrogens with one attached hydrogen (secondary N) is 1. The first-order chi connectivity index (χ1) is 9.04. The van der Waals surface area contributed by atoms with Crippen LogP contribution in [0.2, 0.25) is 5.02 Å². The van der Waals surface area contributed by atoms with Gasteiger partial charge >= 0.3 is 0 Å². The van der Waals surface area contributed by atoms with Crippen molar-refractivity contribution < 1.29 is 9.90 Å². The predicted molar refractivity (Wildman–Crippen MR) is 79.6 cm³/mol. The summed E-state index contributed by atoms with van der Waals surface area (Å²) in [6, 6.07) is 12.1. The van der Waals surface area contributed by atoms with Gasteiger partial charge in [-0.3, -0.25) is 4.79 Å². The van der Waals surface area contributed by atoms with Crippen LogP contribution in [0.5, 0.6) is 5.75 Å². The summed E-state index contributed by atoms with van der Waals surface area (Å²) in [6.07, 6.45) is 0.267. The monoisotopic (exact) mass is 339 g/mol. The van der Waals surface area contributed by atoms with Gasteiger partial charge in [0.05, 0.1) is 11.4 Å². The number of rotatable bonds is 3. The van der Waals surface area contributed by atoms with Crippen molar-refractivity contribution in [2.24, 2.45) is 0 Å². The number of hydrogen-bond acceptors (Lipinski definition) is 2. The number of halogens is 2. The molecule has 0 aliphatic carbocycles. The number of carbonyl (C=O) groups is 1. The highest BCUT2D eigenvalue weighted by Gasteiger charge is 2.06. The van der Waals surface area contributed by atoms with Gasteiger partial charge in [0.25, 0.3) is 0 Å². The molecular formula is C14H11BrClNO2. The smallest absolute Gasteiger partial charge is 0.228 e. The fraction of sp³-hybridized carbons (Fsp3) is 0.0714. The van der Waals surface area contributed by atoms with E-state index in [0.717, 1.165) is 10.0 Å². The highest BCUT2D eigenvalue weighted by molar-refractivity contribution is 9.10. The van der Waals surface area contributed by atoms with Crippen molar-refractivity contribution >= 4 is 39.1 Å². The molecule has 0 bridgehead atoms. The van der Waals surface area contributed by atoms with Crippen molar-refractivity contribution in [3.05, 3.63) is 57.5 Å². The summed E-state index contributed by atoms with van der Waals surface area (Å²) in [5, 5.41) is 12.4. The first-order valence-electron chi connectivity index (χ1n) is 5.57. The van der Waals surface area contributed by atoms with Gasteiger partial charge in [-0.25, -0.2) is 0 Å². The third-order valence-corrected chi connectivity index (χ3v) is 3.30. The fourth-order valence-corrected chi connectivity index (χ4v) is 2.19. The number of amides is 1. The van der Waals surface area contributed by atoms with Gasteiger partial charge in [0, 0.05) is 16.2 Å². The molecule has 19 heavy (non-hydrogen) atoms. The SMILES string of the molecule is O=C(Cc1cccc(Br)c1)Nc1ccc(Cl)c(O)c1. The fourth-order valence-electron chi connectivity index (χ4n) is 1.63. The van der Waals surface area contributed by atoms with E-state index in [2.05, 4.69) is 21.2 Å². The molecule has 0 radical (unpaired) electrons. The number of hydrogen-bond donors (Lipinski definition) is 2. The van der Waals surface area contributed by atoms with Crippen LogP contribution in [-0.2, 0) is 11.2 Å². The van der Waals surface area contributed by atoms with Gasteiger partial charge in [-0.2, -0.15) is 0 Å². The van der Waals surface area contributed by atoms with Gasteiger partial charge in [0.15, 0.2) is 0 Å². The normalized spacial score (nSPS) is 10.2. The lowest BCUT2D eigenvalue weighted by atomic mass is 10.1. The molecule has 2 aromatic rings. The first kappa shape index (κ1) is 13.9. The average Bonchev–Trinajstić information content (AvgIpc) is 2.34. The Labute approximate surface area is 124 Å². The molecule has 0 aliphatic heterocycles. The maximum Gasteiger partial charge on any atom is 0.228 e. The number of phenols is 1. The van der Waals surface area contributed by atoms with E-state index in [0.29, 0.717) is 5.69 Å². The van der Waals surface area contributed by atoms with Gasteiger partial charge < -0.3 is 10.4 Å². The van der Waals surface area contributed by atoms with Crippen LogP contribution >= 0.6 is 27.5 Å². The van der Waals surface area contributed by atoms with E-state index >= 15 is 0 Å². The predicted octanol–water partition coefficient (Wildman–Crippen LogP) is 3.99. The van der Waals surface area contributed by atoms with Crippen LogP contribution in [0.4, 0.5) is 5.69 Å². The van der Waals surface area contributed by atoms with Crippen molar-refractivity contribution in [2.45, 2.75) is 6.42 Å². The maximum atomic E-state index is 11.8. The highest BCUT2D eigenvalue weighted by atomic mass is 79.9. The zero-order valence-electron chi connectivity index (χ0n) is 9.86. The lowest BCUT2D eigenvalue weighted by molar-refractivity contribution is -0.115. The summed E-state index contributed by atoms with van der Waals surface area (Å²) < 4.78 is 0.932. The Balaban J connectivity index is 2.03. The summed E-state index contributed by atoms with van der Waals surface area (Å²) in [5.41, 5.74) is 1.42. The lowest BCUT2D eigenvalue weighted by Gasteiger charge is -2.06. The second-order valence-electron chi connectivity index (χ2n) is 4.02. The number of phenolic OH excluding ortho intramolecular Hbond substituents is 1. The minimum Gasteiger partial charge on any atom is -0.506 e. The standard InChI is InChI=1S/C14H11BrClNO2/c15-10-3-1-2-9(6-10)7-14(19)17-11-4-5-12(16)13(18)8-11/h1-6,8,18H,7H2,(H,17,19). The summed E-state index contributed by atoms with van der Waals surface area (Å²) in [7, 11) is 0. The van der Waals surface area contributed by atoms with Crippen molar-refractivity contribution in [3.8, 4) is 5.75 Å². The molecule has 0 aromatic heterocycles. The quantitative estimate of drug-likeness (QED) is 0.887. The molecule has 3 nitrogen and oxygen atoms in total. The van der Waals surface area contributed by atoms with Crippen LogP contribution in [-0.4, -0.2) is 11.0 Å². The third-order valence-electron chi connectivity index (χ3n) is 2.48. The summed E-state index contributed by atoms with van der Waals surface area (Å²) in [6.45, 7) is 0. The van der Waals surface area contributed by atoms with E-state index in [4.69, 9.17) is 11.6 Å². The van der Waals surface area contributed by atoms with Crippen LogP contribution < -0.4 is 5.32 Å². The van der Waals surface area contributed by atoms with E-state index < -0.39 is 0 Å². The first-order valence-corrected chi connectivity index (χ1v) is 6.74. The van der Waals surface area contributed by atoms with Gasteiger partial charge in [-0.1, -0.05) is 39.7 Å². The molecule has 0 fully saturated rings. The molecule has 0 saturated heterocycles. The number of anilines is 1. The Kier molecular flexibility index (Phi) is 4.45. The minimum atomic E-state index is -0.153. The minimum absolute atomic E-state index is 0.0538. The molecule has 2 rings (SSSR count). The molecule has 0 aliphatic rings. The molecule has 0 heterocycles. The van der Waals surface area contributed by atoms with E-state index in [1.54, 1.807) is 6.07 Å². The van der Waals surface area contributed by atoms with Crippen LogP contribution in [0, 0.1) is 0 Å². The van der Waals surface area contributed by atoms with Gasteiger partial charge in [0.2, 0.25) is 5.91 Å². The largest absolute Gasteiger partial charge is 0.506 e. The van der Waals surface area contributed by atoms with Crippen molar-refractivity contribution in [2.75, 3.05) is 5.32 Å². The van der Waals surface area contributed by atoms with Gasteiger partial charge in [0.1, 0.15) is 5.75 Å². The Morgan fingerprint density at radius 2 is 2.05 bits per heavy atom. The van der Waals surface area contributed by atoms with E-state index in [1.165, 1.54) is 12.1 Å². The molecule has 0 spiro atoms. The van der Waals surface area contributed by atoms with Crippen molar-refractivity contribution in [1.29, 1.82) is 0 Å². The summed E-state index contributed by atoms with van der Waals surface area (Å²) in [4.78, 5) is 11.8. The molecule has 0 atom stereocenters. The maximum absolute atomic E-state index is 11.8. The molecule has 0 saturated carbocycles. The molecule has 0 unspecified atom stereocenters. The third kappa shape index (κ3) is 3.98. The van der Waals surface area contributed by atoms with Crippen LogP contribution in [0.3, 0.4) is 0 Å². The lowest BCUT2D eigenvalue weighted by Crippen LogP contribution is -2.14. The zero-order valence-corrected chi connectivity index (χ0v) is 12.2. The van der Waals surface area contributed by atoms with Crippen molar-refractivity contribution in [1.82, 2.24) is 0 Å².